The third-order valence-corrected chi connectivity index (χ3v) is 3.36. The molecular formula is C13H13N3O2. The molecule has 1 fully saturated rings. The number of rotatable bonds is 2. The summed E-state index contributed by atoms with van der Waals surface area (Å²) in [5, 5.41) is 12.3. The van der Waals surface area contributed by atoms with Crippen LogP contribution in [-0.2, 0) is 4.79 Å². The van der Waals surface area contributed by atoms with Crippen LogP contribution in [0.1, 0.15) is 18.0 Å². The summed E-state index contributed by atoms with van der Waals surface area (Å²) in [5.74, 6) is -0.844. The van der Waals surface area contributed by atoms with E-state index in [1.807, 2.05) is 30.3 Å². The normalized spacial score (nSPS) is 29.8. The highest BCUT2D eigenvalue weighted by Crippen LogP contribution is 2.28. The summed E-state index contributed by atoms with van der Waals surface area (Å²) in [4.78, 5) is 19.7. The summed E-state index contributed by atoms with van der Waals surface area (Å²) < 4.78 is 0. The predicted octanol–water partition coefficient (Wildman–Crippen LogP) is 1.03. The number of hydrogen-bond acceptors (Lipinski definition) is 4. The van der Waals surface area contributed by atoms with Crippen molar-refractivity contribution in [3.8, 4) is 0 Å². The summed E-state index contributed by atoms with van der Waals surface area (Å²) in [5.41, 5.74) is 1.90. The molecule has 1 aromatic carbocycles. The van der Waals surface area contributed by atoms with Crippen LogP contribution in [0.3, 0.4) is 0 Å². The van der Waals surface area contributed by atoms with Gasteiger partial charge in [0.1, 0.15) is 18.4 Å². The lowest BCUT2D eigenvalue weighted by molar-refractivity contribution is -0.139. The molecule has 92 valence electrons. The summed E-state index contributed by atoms with van der Waals surface area (Å²) in [6, 6.07) is 9.01. The van der Waals surface area contributed by atoms with Crippen LogP contribution in [0.2, 0.25) is 0 Å². The van der Waals surface area contributed by atoms with Gasteiger partial charge in [-0.3, -0.25) is 15.1 Å². The Kier molecular flexibility index (Phi) is 2.68. The molecule has 2 aliphatic rings. The average Bonchev–Trinajstić information content (AvgIpc) is 2.86. The quantitative estimate of drug-likeness (QED) is 0.814. The van der Waals surface area contributed by atoms with E-state index >= 15 is 0 Å². The van der Waals surface area contributed by atoms with E-state index in [0.29, 0.717) is 6.42 Å². The zero-order valence-electron chi connectivity index (χ0n) is 9.65. The molecule has 18 heavy (non-hydrogen) atoms. The molecule has 2 N–H and O–H groups in total. The largest absolute Gasteiger partial charge is 0.480 e. The van der Waals surface area contributed by atoms with Gasteiger partial charge < -0.3 is 5.11 Å². The van der Waals surface area contributed by atoms with Gasteiger partial charge in [-0.2, -0.15) is 0 Å². The minimum atomic E-state index is -0.844. The van der Waals surface area contributed by atoms with Gasteiger partial charge >= 0.3 is 5.97 Å². The molecule has 0 amide bonds. The number of aliphatic imine (C=N–C) groups is 2. The number of carbonyl (C=O) groups is 1. The molecule has 5 nitrogen and oxygen atoms in total. The number of hydrogen-bond donors (Lipinski definition) is 2. The predicted molar refractivity (Wildman–Crippen MR) is 68.1 cm³/mol. The van der Waals surface area contributed by atoms with Crippen LogP contribution in [-0.4, -0.2) is 35.2 Å². The fourth-order valence-corrected chi connectivity index (χ4v) is 2.47. The fraction of sp³-hybridized carbons (Fsp3) is 0.308. The van der Waals surface area contributed by atoms with Crippen LogP contribution in [0, 0.1) is 0 Å². The second kappa shape index (κ2) is 4.34. The van der Waals surface area contributed by atoms with Crippen molar-refractivity contribution < 1.29 is 9.90 Å². The van der Waals surface area contributed by atoms with Gasteiger partial charge in [0, 0.05) is 12.1 Å². The van der Waals surface area contributed by atoms with Crippen molar-refractivity contribution in [2.45, 2.75) is 24.5 Å². The van der Waals surface area contributed by atoms with Crippen LogP contribution in [0.5, 0.6) is 0 Å². The smallest absolute Gasteiger partial charge is 0.321 e. The molecule has 2 heterocycles. The Labute approximate surface area is 104 Å². The highest BCUT2D eigenvalue weighted by atomic mass is 16.4. The molecule has 0 saturated carbocycles. The monoisotopic (exact) mass is 243 g/mol. The van der Waals surface area contributed by atoms with Crippen molar-refractivity contribution in [3.63, 3.8) is 0 Å². The highest BCUT2D eigenvalue weighted by molar-refractivity contribution is 6.02. The van der Waals surface area contributed by atoms with E-state index < -0.39 is 12.0 Å². The molecule has 3 atom stereocenters. The van der Waals surface area contributed by atoms with Gasteiger partial charge in [-0.15, -0.1) is 0 Å². The van der Waals surface area contributed by atoms with E-state index in [4.69, 9.17) is 5.11 Å². The van der Waals surface area contributed by atoms with E-state index in [2.05, 4.69) is 15.3 Å². The molecule has 5 heteroatoms. The van der Waals surface area contributed by atoms with Crippen LogP contribution in [0.25, 0.3) is 0 Å². The number of piperidine rings is 1. The maximum Gasteiger partial charge on any atom is 0.321 e. The van der Waals surface area contributed by atoms with Crippen LogP contribution >= 0.6 is 0 Å². The Morgan fingerprint density at radius 2 is 2.11 bits per heavy atom. The van der Waals surface area contributed by atoms with Gasteiger partial charge in [0.25, 0.3) is 0 Å². The Morgan fingerprint density at radius 1 is 1.33 bits per heavy atom. The first-order valence-electron chi connectivity index (χ1n) is 5.88. The molecule has 2 aliphatic heterocycles. The molecule has 0 aliphatic carbocycles. The molecule has 1 aromatic rings. The van der Waals surface area contributed by atoms with Gasteiger partial charge in [-0.05, 0) is 5.56 Å². The number of nitrogens with zero attached hydrogens (tertiary/aromatic N) is 2. The van der Waals surface area contributed by atoms with E-state index in [1.54, 1.807) is 0 Å². The van der Waals surface area contributed by atoms with Crippen LogP contribution in [0.4, 0.5) is 0 Å². The SMILES string of the molecule is O=C(O)[C@@H]1CC2=NC=N[C@H]2[C@@H](c2ccccc2)N1. The fourth-order valence-electron chi connectivity index (χ4n) is 2.47. The summed E-state index contributed by atoms with van der Waals surface area (Å²) >= 11 is 0. The lowest BCUT2D eigenvalue weighted by atomic mass is 9.88. The topological polar surface area (TPSA) is 74.0 Å². The molecule has 0 aromatic heterocycles. The van der Waals surface area contributed by atoms with E-state index in [-0.39, 0.29) is 12.1 Å². The third-order valence-electron chi connectivity index (χ3n) is 3.36. The second-order valence-electron chi connectivity index (χ2n) is 4.48. The van der Waals surface area contributed by atoms with Gasteiger partial charge in [0.2, 0.25) is 0 Å². The Bertz CT molecular complexity index is 524. The van der Waals surface area contributed by atoms with Crippen molar-refractivity contribution in [2.75, 3.05) is 0 Å². The molecule has 1 saturated heterocycles. The zero-order valence-corrected chi connectivity index (χ0v) is 9.65. The number of carboxylic acids is 1. The van der Waals surface area contributed by atoms with Gasteiger partial charge in [-0.1, -0.05) is 30.3 Å². The molecule has 0 unspecified atom stereocenters. The summed E-state index contributed by atoms with van der Waals surface area (Å²) in [6.45, 7) is 0. The molecule has 0 bridgehead atoms. The summed E-state index contributed by atoms with van der Waals surface area (Å²) in [6.07, 6.45) is 1.95. The van der Waals surface area contributed by atoms with Gasteiger partial charge in [0.15, 0.2) is 0 Å². The van der Waals surface area contributed by atoms with E-state index in [9.17, 15) is 4.79 Å². The Hall–Kier alpha value is -2.01. The number of fused-ring (bicyclic) bond motifs is 1. The average molecular weight is 243 g/mol. The zero-order chi connectivity index (χ0) is 12.5. The number of nitrogens with one attached hydrogen (secondary N) is 1. The van der Waals surface area contributed by atoms with Gasteiger partial charge in [0.05, 0.1) is 6.04 Å². The maximum absolute atomic E-state index is 11.2. The maximum atomic E-state index is 11.2. The number of aliphatic carboxylic acids is 1. The van der Waals surface area contributed by atoms with Crippen molar-refractivity contribution in [1.29, 1.82) is 0 Å². The molecule has 3 rings (SSSR count). The molecular weight excluding hydrogens is 230 g/mol. The van der Waals surface area contributed by atoms with E-state index in [0.717, 1.165) is 11.3 Å². The van der Waals surface area contributed by atoms with E-state index in [1.165, 1.54) is 6.34 Å². The third kappa shape index (κ3) is 1.82. The summed E-state index contributed by atoms with van der Waals surface area (Å²) in [7, 11) is 0. The first-order valence-corrected chi connectivity index (χ1v) is 5.88. The van der Waals surface area contributed by atoms with Crippen molar-refractivity contribution in [2.24, 2.45) is 9.98 Å². The molecule has 0 spiro atoms. The lowest BCUT2D eigenvalue weighted by Gasteiger charge is -2.33. The van der Waals surface area contributed by atoms with Crippen molar-refractivity contribution in [3.05, 3.63) is 35.9 Å². The molecule has 0 radical (unpaired) electrons. The first kappa shape index (κ1) is 11.1. The van der Waals surface area contributed by atoms with Gasteiger partial charge in [-0.25, -0.2) is 4.99 Å². The van der Waals surface area contributed by atoms with Crippen LogP contribution < -0.4 is 5.32 Å². The standard InChI is InChI=1S/C13H13N3O2/c17-13(18)10-6-9-12(15-7-14-9)11(16-10)8-4-2-1-3-5-8/h1-5,7,10-12,16H,6H2,(H,17,18)/t10-,11+,12+/m0/s1. The van der Waals surface area contributed by atoms with Crippen LogP contribution in [0.15, 0.2) is 40.3 Å². The lowest BCUT2D eigenvalue weighted by Crippen LogP contribution is -2.51. The first-order chi connectivity index (χ1) is 8.75. The minimum absolute atomic E-state index is 0.0667. The van der Waals surface area contributed by atoms with Crippen molar-refractivity contribution >= 4 is 18.0 Å². The minimum Gasteiger partial charge on any atom is -0.480 e. The Morgan fingerprint density at radius 3 is 2.83 bits per heavy atom. The number of carboxylic acid groups (broad SMARTS) is 1. The van der Waals surface area contributed by atoms with Crippen molar-refractivity contribution in [1.82, 2.24) is 5.32 Å². The number of benzene rings is 1. The Balaban J connectivity index is 1.94. The highest BCUT2D eigenvalue weighted by Gasteiger charge is 2.39. The second-order valence-corrected chi connectivity index (χ2v) is 4.48.